The Labute approximate surface area is 107 Å². The van der Waals surface area contributed by atoms with Crippen molar-refractivity contribution in [2.45, 2.75) is 26.4 Å². The van der Waals surface area contributed by atoms with Gasteiger partial charge in [-0.2, -0.15) is 0 Å². The van der Waals surface area contributed by atoms with Crippen LogP contribution in [0.5, 0.6) is 5.75 Å². The molecule has 4 nitrogen and oxygen atoms in total. The van der Waals surface area contributed by atoms with Crippen LogP contribution in [-0.2, 0) is 6.54 Å². The van der Waals surface area contributed by atoms with Crippen molar-refractivity contribution in [3.8, 4) is 5.75 Å². The molecule has 0 radical (unpaired) electrons. The van der Waals surface area contributed by atoms with E-state index in [4.69, 9.17) is 4.74 Å². The van der Waals surface area contributed by atoms with Crippen LogP contribution in [0, 0.1) is 6.92 Å². The third kappa shape index (κ3) is 3.11. The van der Waals surface area contributed by atoms with Crippen molar-refractivity contribution < 1.29 is 4.74 Å². The maximum Gasteiger partial charge on any atom is 0.119 e. The number of methoxy groups -OCH3 is 1. The number of ether oxygens (including phenoxy) is 1. The molecule has 1 aromatic carbocycles. The molecule has 0 saturated heterocycles. The number of nitrogens with zero attached hydrogens (tertiary/aromatic N) is 1. The zero-order valence-corrected chi connectivity index (χ0v) is 11.0. The first-order chi connectivity index (χ1) is 8.69. The highest BCUT2D eigenvalue weighted by Gasteiger charge is 2.06. The molecule has 2 aromatic rings. The molecule has 1 aromatic heterocycles. The van der Waals surface area contributed by atoms with E-state index in [0.717, 1.165) is 23.8 Å². The molecule has 0 bridgehead atoms. The van der Waals surface area contributed by atoms with E-state index in [1.165, 1.54) is 5.56 Å². The lowest BCUT2D eigenvalue weighted by Gasteiger charge is -2.14. The standard InChI is InChI=1S/C14H19N3O/c1-10(12-5-4-6-14(7-12)18-3)15-8-13-9-16-11(2)17-13/h4-7,9-10,15H,8H2,1-3H3,(H,16,17)/t10-/m0/s1. The van der Waals surface area contributed by atoms with Crippen molar-refractivity contribution in [3.05, 3.63) is 47.5 Å². The molecule has 2 N–H and O–H groups in total. The molecule has 96 valence electrons. The number of hydrogen-bond acceptors (Lipinski definition) is 3. The second kappa shape index (κ2) is 5.69. The molecule has 0 unspecified atom stereocenters. The van der Waals surface area contributed by atoms with E-state index in [-0.39, 0.29) is 6.04 Å². The first-order valence-electron chi connectivity index (χ1n) is 6.07. The molecule has 0 amide bonds. The highest BCUT2D eigenvalue weighted by atomic mass is 16.5. The minimum Gasteiger partial charge on any atom is -0.497 e. The number of aromatic amines is 1. The molecular formula is C14H19N3O. The summed E-state index contributed by atoms with van der Waals surface area (Å²) in [4.78, 5) is 7.39. The maximum absolute atomic E-state index is 5.23. The van der Waals surface area contributed by atoms with E-state index < -0.39 is 0 Å². The summed E-state index contributed by atoms with van der Waals surface area (Å²) in [6.45, 7) is 4.87. The molecule has 2 rings (SSSR count). The molecule has 0 fully saturated rings. The van der Waals surface area contributed by atoms with Gasteiger partial charge in [-0.3, -0.25) is 0 Å². The van der Waals surface area contributed by atoms with Crippen molar-refractivity contribution >= 4 is 0 Å². The molecule has 0 aliphatic rings. The number of H-pyrrole nitrogens is 1. The SMILES string of the molecule is COc1cccc([C@H](C)NCc2cnc(C)[nH]2)c1. The van der Waals surface area contributed by atoms with Crippen molar-refractivity contribution in [2.24, 2.45) is 0 Å². The first-order valence-corrected chi connectivity index (χ1v) is 6.07. The van der Waals surface area contributed by atoms with Crippen LogP contribution >= 0.6 is 0 Å². The van der Waals surface area contributed by atoms with E-state index in [9.17, 15) is 0 Å². The van der Waals surface area contributed by atoms with Gasteiger partial charge in [0.1, 0.15) is 11.6 Å². The smallest absolute Gasteiger partial charge is 0.119 e. The predicted molar refractivity (Wildman–Crippen MR) is 71.6 cm³/mol. The van der Waals surface area contributed by atoms with Crippen LogP contribution in [0.4, 0.5) is 0 Å². The highest BCUT2D eigenvalue weighted by molar-refractivity contribution is 5.30. The van der Waals surface area contributed by atoms with Gasteiger partial charge < -0.3 is 15.0 Å². The highest BCUT2D eigenvalue weighted by Crippen LogP contribution is 2.18. The Bertz CT molecular complexity index is 507. The van der Waals surface area contributed by atoms with Gasteiger partial charge in [0.15, 0.2) is 0 Å². The topological polar surface area (TPSA) is 49.9 Å². The van der Waals surface area contributed by atoms with Crippen LogP contribution in [0.15, 0.2) is 30.5 Å². The van der Waals surface area contributed by atoms with Gasteiger partial charge >= 0.3 is 0 Å². The summed E-state index contributed by atoms with van der Waals surface area (Å²) in [7, 11) is 1.69. The van der Waals surface area contributed by atoms with Gasteiger partial charge in [0, 0.05) is 24.5 Å². The summed E-state index contributed by atoms with van der Waals surface area (Å²) in [6.07, 6.45) is 1.86. The van der Waals surface area contributed by atoms with Gasteiger partial charge in [0.2, 0.25) is 0 Å². The van der Waals surface area contributed by atoms with Gasteiger partial charge in [-0.05, 0) is 31.5 Å². The fourth-order valence-corrected chi connectivity index (χ4v) is 1.85. The third-order valence-corrected chi connectivity index (χ3v) is 2.95. The summed E-state index contributed by atoms with van der Waals surface area (Å²) in [5, 5.41) is 3.45. The zero-order valence-electron chi connectivity index (χ0n) is 11.0. The van der Waals surface area contributed by atoms with Crippen LogP contribution in [0.3, 0.4) is 0 Å². The first kappa shape index (κ1) is 12.6. The lowest BCUT2D eigenvalue weighted by molar-refractivity contribution is 0.413. The Kier molecular flexibility index (Phi) is 3.99. The van der Waals surface area contributed by atoms with E-state index in [0.29, 0.717) is 0 Å². The third-order valence-electron chi connectivity index (χ3n) is 2.95. The van der Waals surface area contributed by atoms with E-state index in [1.54, 1.807) is 7.11 Å². The van der Waals surface area contributed by atoms with Crippen LogP contribution in [0.1, 0.15) is 30.0 Å². The summed E-state index contributed by atoms with van der Waals surface area (Å²) in [6, 6.07) is 8.37. The Hall–Kier alpha value is -1.81. The zero-order chi connectivity index (χ0) is 13.0. The minimum absolute atomic E-state index is 0.267. The monoisotopic (exact) mass is 245 g/mol. The summed E-state index contributed by atoms with van der Waals surface area (Å²) < 4.78 is 5.23. The van der Waals surface area contributed by atoms with Gasteiger partial charge in [-0.15, -0.1) is 0 Å². The van der Waals surface area contributed by atoms with E-state index in [1.807, 2.05) is 25.3 Å². The molecular weight excluding hydrogens is 226 g/mol. The largest absolute Gasteiger partial charge is 0.497 e. The van der Waals surface area contributed by atoms with Gasteiger partial charge in [0.05, 0.1) is 7.11 Å². The van der Waals surface area contributed by atoms with Crippen molar-refractivity contribution in [2.75, 3.05) is 7.11 Å². The Morgan fingerprint density at radius 1 is 1.44 bits per heavy atom. The van der Waals surface area contributed by atoms with Crippen LogP contribution in [0.25, 0.3) is 0 Å². The normalized spacial score (nSPS) is 12.4. The van der Waals surface area contributed by atoms with Gasteiger partial charge in [-0.1, -0.05) is 12.1 Å². The number of rotatable bonds is 5. The number of aryl methyl sites for hydroxylation is 1. The molecule has 0 aliphatic carbocycles. The van der Waals surface area contributed by atoms with E-state index in [2.05, 4.69) is 34.3 Å². The number of hydrogen-bond donors (Lipinski definition) is 2. The lowest BCUT2D eigenvalue weighted by Crippen LogP contribution is -2.18. The van der Waals surface area contributed by atoms with Crippen molar-refractivity contribution in [1.82, 2.24) is 15.3 Å². The van der Waals surface area contributed by atoms with Crippen molar-refractivity contribution in [3.63, 3.8) is 0 Å². The minimum atomic E-state index is 0.267. The number of benzene rings is 1. The molecule has 0 saturated carbocycles. The number of nitrogens with one attached hydrogen (secondary N) is 2. The average Bonchev–Trinajstić information content (AvgIpc) is 2.82. The Morgan fingerprint density at radius 2 is 2.28 bits per heavy atom. The summed E-state index contributed by atoms with van der Waals surface area (Å²) >= 11 is 0. The average molecular weight is 245 g/mol. The molecule has 4 heteroatoms. The molecule has 1 atom stereocenters. The fourth-order valence-electron chi connectivity index (χ4n) is 1.85. The maximum atomic E-state index is 5.23. The van der Waals surface area contributed by atoms with Crippen LogP contribution in [-0.4, -0.2) is 17.1 Å². The summed E-state index contributed by atoms with van der Waals surface area (Å²) in [5.74, 6) is 1.83. The predicted octanol–water partition coefficient (Wildman–Crippen LogP) is 2.58. The molecule has 18 heavy (non-hydrogen) atoms. The lowest BCUT2D eigenvalue weighted by atomic mass is 10.1. The summed E-state index contributed by atoms with van der Waals surface area (Å²) in [5.41, 5.74) is 2.31. The second-order valence-corrected chi connectivity index (χ2v) is 4.37. The quantitative estimate of drug-likeness (QED) is 0.851. The van der Waals surface area contributed by atoms with Crippen LogP contribution in [0.2, 0.25) is 0 Å². The van der Waals surface area contributed by atoms with Gasteiger partial charge in [-0.25, -0.2) is 4.98 Å². The van der Waals surface area contributed by atoms with Crippen molar-refractivity contribution in [1.29, 1.82) is 0 Å². The Morgan fingerprint density at radius 3 is 2.94 bits per heavy atom. The fraction of sp³-hybridized carbons (Fsp3) is 0.357. The number of aromatic nitrogens is 2. The van der Waals surface area contributed by atoms with Gasteiger partial charge in [0.25, 0.3) is 0 Å². The Balaban J connectivity index is 1.96. The second-order valence-electron chi connectivity index (χ2n) is 4.37. The van der Waals surface area contributed by atoms with E-state index >= 15 is 0 Å². The van der Waals surface area contributed by atoms with Crippen LogP contribution < -0.4 is 10.1 Å². The molecule has 1 heterocycles. The molecule has 0 aliphatic heterocycles. The molecule has 0 spiro atoms. The number of imidazole rings is 1.